The van der Waals surface area contributed by atoms with Crippen LogP contribution >= 0.6 is 11.3 Å². The molecule has 0 unspecified atom stereocenters. The molecule has 1 saturated heterocycles. The Morgan fingerprint density at radius 2 is 1.69 bits per heavy atom. The third-order valence-electron chi connectivity index (χ3n) is 8.39. The molecule has 4 amide bonds. The molecule has 3 N–H and O–H groups in total. The second-order valence-corrected chi connectivity index (χ2v) is 12.5. The van der Waals surface area contributed by atoms with Crippen molar-refractivity contribution in [1.82, 2.24) is 25.8 Å². The van der Waals surface area contributed by atoms with E-state index in [9.17, 15) is 19.2 Å². The second-order valence-electron chi connectivity index (χ2n) is 11.5. The number of benzene rings is 2. The summed E-state index contributed by atoms with van der Waals surface area (Å²) in [6.07, 6.45) is 2.01. The van der Waals surface area contributed by atoms with E-state index in [4.69, 9.17) is 10.00 Å². The summed E-state index contributed by atoms with van der Waals surface area (Å²) in [7, 11) is 0. The summed E-state index contributed by atoms with van der Waals surface area (Å²) in [5.74, 6) is -0.905. The van der Waals surface area contributed by atoms with Gasteiger partial charge in [-0.2, -0.15) is 5.26 Å². The summed E-state index contributed by atoms with van der Waals surface area (Å²) in [4.78, 5) is 56.8. The number of nitrogens with zero attached hydrogens (tertiary/aromatic N) is 3. The lowest BCUT2D eigenvalue weighted by atomic mass is 9.95. The minimum Gasteiger partial charge on any atom is -0.399 e. The van der Waals surface area contributed by atoms with Gasteiger partial charge in [-0.1, -0.05) is 72.7 Å². The topological polar surface area (TPSA) is 144 Å². The predicted molar refractivity (Wildman–Crippen MR) is 171 cm³/mol. The number of hydrogen-bond acceptors (Lipinski definition) is 8. The first-order chi connectivity index (χ1) is 21.8. The van der Waals surface area contributed by atoms with Crippen molar-refractivity contribution in [3.63, 3.8) is 0 Å². The normalized spacial score (nSPS) is 16.8. The van der Waals surface area contributed by atoms with Gasteiger partial charge in [0.05, 0.1) is 12.6 Å². The zero-order chi connectivity index (χ0) is 31.6. The van der Waals surface area contributed by atoms with E-state index in [0.29, 0.717) is 50.6 Å². The van der Waals surface area contributed by atoms with Gasteiger partial charge >= 0.3 is 6.09 Å². The van der Waals surface area contributed by atoms with Gasteiger partial charge in [0.2, 0.25) is 17.7 Å². The zero-order valence-electron chi connectivity index (χ0n) is 25.1. The molecule has 0 spiro atoms. The molecule has 1 saturated carbocycles. The molecule has 1 aromatic heterocycles. The SMILES string of the molecule is N#CCN1CCN(C(=O)CCNC(=O)[C@@H](Cc2ccccc2)NC(=O)C2(NC(=O)Oc3cc4ccccc4s3)CCCC2)CC1. The van der Waals surface area contributed by atoms with Crippen molar-refractivity contribution >= 4 is 45.2 Å². The lowest BCUT2D eigenvalue weighted by molar-refractivity contribution is -0.134. The summed E-state index contributed by atoms with van der Waals surface area (Å²) >= 11 is 1.35. The molecule has 45 heavy (non-hydrogen) atoms. The highest BCUT2D eigenvalue weighted by Gasteiger charge is 2.44. The maximum Gasteiger partial charge on any atom is 0.414 e. The largest absolute Gasteiger partial charge is 0.414 e. The van der Waals surface area contributed by atoms with Gasteiger partial charge in [0.1, 0.15) is 11.6 Å². The van der Waals surface area contributed by atoms with Crippen molar-refractivity contribution in [3.8, 4) is 11.1 Å². The van der Waals surface area contributed by atoms with Gasteiger partial charge in [-0.3, -0.25) is 19.3 Å². The predicted octanol–water partition coefficient (Wildman–Crippen LogP) is 3.20. The molecule has 0 radical (unpaired) electrons. The molecule has 0 bridgehead atoms. The molecule has 2 fully saturated rings. The van der Waals surface area contributed by atoms with E-state index in [1.165, 1.54) is 11.3 Å². The van der Waals surface area contributed by atoms with Crippen LogP contribution < -0.4 is 20.7 Å². The van der Waals surface area contributed by atoms with Gasteiger partial charge in [0.25, 0.3) is 0 Å². The van der Waals surface area contributed by atoms with Gasteiger partial charge in [-0.15, -0.1) is 0 Å². The second kappa shape index (κ2) is 15.0. The quantitative estimate of drug-likeness (QED) is 0.276. The number of carbonyl (C=O) groups excluding carboxylic acids is 4. The monoisotopic (exact) mass is 630 g/mol. The number of piperazine rings is 1. The highest BCUT2D eigenvalue weighted by Crippen LogP contribution is 2.33. The van der Waals surface area contributed by atoms with Crippen LogP contribution in [0.5, 0.6) is 5.06 Å². The van der Waals surface area contributed by atoms with E-state index in [0.717, 1.165) is 28.5 Å². The molecule has 3 aromatic rings. The maximum absolute atomic E-state index is 13.8. The van der Waals surface area contributed by atoms with E-state index in [1.54, 1.807) is 11.0 Å². The lowest BCUT2D eigenvalue weighted by Crippen LogP contribution is -2.61. The van der Waals surface area contributed by atoms with E-state index >= 15 is 0 Å². The fraction of sp³-hybridized carbons (Fsp3) is 0.424. The van der Waals surface area contributed by atoms with Crippen molar-refractivity contribution in [3.05, 3.63) is 66.2 Å². The smallest absolute Gasteiger partial charge is 0.399 e. The number of nitrogens with one attached hydrogen (secondary N) is 3. The van der Waals surface area contributed by atoms with Crippen LogP contribution in [0, 0.1) is 11.3 Å². The van der Waals surface area contributed by atoms with Crippen LogP contribution in [0.15, 0.2) is 60.7 Å². The number of ether oxygens (including phenoxy) is 1. The minimum absolute atomic E-state index is 0.0678. The number of amides is 4. The van der Waals surface area contributed by atoms with Crippen molar-refractivity contribution in [2.45, 2.75) is 50.1 Å². The van der Waals surface area contributed by atoms with Crippen molar-refractivity contribution in [2.75, 3.05) is 39.3 Å². The Hall–Kier alpha value is -4.47. The van der Waals surface area contributed by atoms with Crippen LogP contribution in [-0.2, 0) is 20.8 Å². The lowest BCUT2D eigenvalue weighted by Gasteiger charge is -2.33. The van der Waals surface area contributed by atoms with Gasteiger partial charge < -0.3 is 25.6 Å². The fourth-order valence-corrected chi connectivity index (χ4v) is 6.80. The number of fused-ring (bicyclic) bond motifs is 1. The van der Waals surface area contributed by atoms with Crippen LogP contribution in [0.1, 0.15) is 37.7 Å². The maximum atomic E-state index is 13.8. The Bertz CT molecular complexity index is 1510. The number of carbonyl (C=O) groups is 4. The third kappa shape index (κ3) is 8.38. The summed E-state index contributed by atoms with van der Waals surface area (Å²) in [5, 5.41) is 18.9. The minimum atomic E-state index is -1.20. The average Bonchev–Trinajstić information content (AvgIpc) is 3.69. The Balaban J connectivity index is 1.20. The Labute approximate surface area is 266 Å². The van der Waals surface area contributed by atoms with Crippen LogP contribution in [0.25, 0.3) is 10.1 Å². The van der Waals surface area contributed by atoms with Gasteiger partial charge in [0.15, 0.2) is 5.06 Å². The van der Waals surface area contributed by atoms with Gasteiger partial charge in [-0.05, 0) is 29.9 Å². The molecule has 1 atom stereocenters. The van der Waals surface area contributed by atoms with Crippen molar-refractivity contribution in [2.24, 2.45) is 0 Å². The number of rotatable bonds is 11. The zero-order valence-corrected chi connectivity index (χ0v) is 25.9. The van der Waals surface area contributed by atoms with E-state index in [1.807, 2.05) is 59.5 Å². The van der Waals surface area contributed by atoms with Crippen molar-refractivity contribution in [1.29, 1.82) is 5.26 Å². The number of nitriles is 1. The van der Waals surface area contributed by atoms with Crippen LogP contribution in [0.2, 0.25) is 0 Å². The summed E-state index contributed by atoms with van der Waals surface area (Å²) in [5.41, 5.74) is -0.339. The molecular formula is C33H38N6O5S. The van der Waals surface area contributed by atoms with Crippen LogP contribution in [-0.4, -0.2) is 84.5 Å². The molecular weight excluding hydrogens is 592 g/mol. The molecule has 2 aliphatic rings. The molecule has 2 aromatic carbocycles. The van der Waals surface area contributed by atoms with E-state index < -0.39 is 29.5 Å². The fourth-order valence-electron chi connectivity index (χ4n) is 5.89. The Morgan fingerprint density at radius 1 is 0.978 bits per heavy atom. The standard InChI is InChI=1S/C33H38N6O5S/c34-15-17-38-18-20-39(21-19-38)28(40)12-16-35-30(41)26(22-24-8-2-1-3-9-24)36-31(42)33(13-6-7-14-33)37-32(43)44-29-23-25-10-4-5-11-27(25)45-29/h1-5,8-11,23,26H,6-7,12-14,16-22H2,(H,35,41)(H,36,42)(H,37,43)/t26-/m1/s1. The van der Waals surface area contributed by atoms with E-state index in [-0.39, 0.29) is 25.3 Å². The first-order valence-corrected chi connectivity index (χ1v) is 16.2. The number of hydrogen-bond donors (Lipinski definition) is 3. The first-order valence-electron chi connectivity index (χ1n) is 15.3. The molecule has 5 rings (SSSR count). The van der Waals surface area contributed by atoms with Crippen molar-refractivity contribution < 1.29 is 23.9 Å². The van der Waals surface area contributed by atoms with Crippen LogP contribution in [0.3, 0.4) is 0 Å². The molecule has 12 heteroatoms. The summed E-state index contributed by atoms with van der Waals surface area (Å²) in [6, 6.07) is 20.1. The number of thiophene rings is 1. The third-order valence-corrected chi connectivity index (χ3v) is 9.39. The summed E-state index contributed by atoms with van der Waals surface area (Å²) in [6.45, 7) is 2.84. The molecule has 1 aliphatic carbocycles. The Kier molecular flexibility index (Phi) is 10.7. The molecule has 1 aliphatic heterocycles. The average molecular weight is 631 g/mol. The van der Waals surface area contributed by atoms with E-state index in [2.05, 4.69) is 22.0 Å². The highest BCUT2D eigenvalue weighted by atomic mass is 32.1. The van der Waals surface area contributed by atoms with Crippen LogP contribution in [0.4, 0.5) is 4.79 Å². The molecule has 11 nitrogen and oxygen atoms in total. The molecule has 236 valence electrons. The summed E-state index contributed by atoms with van der Waals surface area (Å²) < 4.78 is 6.57. The van der Waals surface area contributed by atoms with Gasteiger partial charge in [-0.25, -0.2) is 4.79 Å². The van der Waals surface area contributed by atoms with Gasteiger partial charge in [0, 0.05) is 56.3 Å². The molecule has 2 heterocycles. The highest BCUT2D eigenvalue weighted by molar-refractivity contribution is 7.20. The Morgan fingerprint density at radius 3 is 2.40 bits per heavy atom. The first kappa shape index (κ1) is 31.9.